The molecular weight excluding hydrogens is 310 g/mol. The molecule has 1 saturated heterocycles. The highest BCUT2D eigenvalue weighted by Crippen LogP contribution is 2.26. The zero-order valence-electron chi connectivity index (χ0n) is 13.4. The van der Waals surface area contributed by atoms with Gasteiger partial charge in [0.15, 0.2) is 0 Å². The van der Waals surface area contributed by atoms with Crippen molar-refractivity contribution < 1.29 is 8.42 Å². The van der Waals surface area contributed by atoms with Crippen molar-refractivity contribution in [3.05, 3.63) is 60.4 Å². The second-order valence-corrected chi connectivity index (χ2v) is 7.78. The van der Waals surface area contributed by atoms with Crippen molar-refractivity contribution in [1.82, 2.24) is 13.2 Å². The van der Waals surface area contributed by atoms with Crippen molar-refractivity contribution in [2.24, 2.45) is 0 Å². The molecule has 0 spiro atoms. The molecule has 2 heterocycles. The lowest BCUT2D eigenvalue weighted by Crippen LogP contribution is -2.42. The lowest BCUT2D eigenvalue weighted by atomic mass is 10.2. The van der Waals surface area contributed by atoms with Gasteiger partial charge in [0.1, 0.15) is 0 Å². The minimum Gasteiger partial charge on any atom is -0.350 e. The smallest absolute Gasteiger partial charge is 0.282 e. The summed E-state index contributed by atoms with van der Waals surface area (Å²) in [5.41, 5.74) is 1.01. The van der Waals surface area contributed by atoms with Gasteiger partial charge in [0.2, 0.25) is 0 Å². The summed E-state index contributed by atoms with van der Waals surface area (Å²) in [5.74, 6) is 0. The van der Waals surface area contributed by atoms with E-state index in [0.717, 1.165) is 12.0 Å². The number of nitrogens with zero attached hydrogens (tertiary/aromatic N) is 3. The Morgan fingerprint density at radius 2 is 1.83 bits per heavy atom. The first-order valence-electron chi connectivity index (χ1n) is 8.03. The second kappa shape index (κ2) is 6.86. The zero-order valence-corrected chi connectivity index (χ0v) is 14.2. The van der Waals surface area contributed by atoms with Crippen molar-refractivity contribution in [3.63, 3.8) is 0 Å². The Morgan fingerprint density at radius 3 is 2.48 bits per heavy atom. The highest BCUT2D eigenvalue weighted by molar-refractivity contribution is 7.86. The monoisotopic (exact) mass is 333 g/mol. The number of hydrogen-bond acceptors (Lipinski definition) is 2. The largest absolute Gasteiger partial charge is 0.350 e. The standard InChI is InChI=1S/C17H23N3O2S/c1-2-19(14-16-8-4-3-5-9-16)23(21,22)20-13-10-17(15-20)18-11-6-7-12-18/h3-9,11-12,17H,2,10,13-15H2,1H3/t17-/m1/s1. The van der Waals surface area contributed by atoms with Crippen molar-refractivity contribution in [2.45, 2.75) is 25.9 Å². The van der Waals surface area contributed by atoms with Crippen LogP contribution in [-0.4, -0.2) is 41.2 Å². The van der Waals surface area contributed by atoms with Crippen LogP contribution in [0.25, 0.3) is 0 Å². The molecule has 6 heteroatoms. The summed E-state index contributed by atoms with van der Waals surface area (Å²) >= 11 is 0. The lowest BCUT2D eigenvalue weighted by Gasteiger charge is -2.26. The van der Waals surface area contributed by atoms with E-state index in [1.807, 2.05) is 61.8 Å². The Morgan fingerprint density at radius 1 is 1.13 bits per heavy atom. The number of aromatic nitrogens is 1. The molecule has 1 atom stereocenters. The van der Waals surface area contributed by atoms with Gasteiger partial charge in [-0.2, -0.15) is 17.0 Å². The van der Waals surface area contributed by atoms with Crippen LogP contribution in [0.1, 0.15) is 24.9 Å². The Hall–Kier alpha value is -1.63. The maximum Gasteiger partial charge on any atom is 0.282 e. The molecule has 124 valence electrons. The van der Waals surface area contributed by atoms with Crippen LogP contribution in [0.5, 0.6) is 0 Å². The molecule has 1 aromatic heterocycles. The molecule has 23 heavy (non-hydrogen) atoms. The molecule has 3 rings (SSSR count). The van der Waals surface area contributed by atoms with E-state index in [1.165, 1.54) is 0 Å². The summed E-state index contributed by atoms with van der Waals surface area (Å²) < 4.78 is 31.1. The average Bonchev–Trinajstić information content (AvgIpc) is 3.24. The van der Waals surface area contributed by atoms with E-state index in [1.54, 1.807) is 8.61 Å². The van der Waals surface area contributed by atoms with Gasteiger partial charge in [-0.15, -0.1) is 0 Å². The third-order valence-electron chi connectivity index (χ3n) is 4.38. The quantitative estimate of drug-likeness (QED) is 0.815. The topological polar surface area (TPSA) is 45.6 Å². The van der Waals surface area contributed by atoms with Crippen LogP contribution in [0.3, 0.4) is 0 Å². The SMILES string of the molecule is CCN(Cc1ccccc1)S(=O)(=O)N1CC[C@@H](n2cccc2)C1. The summed E-state index contributed by atoms with van der Waals surface area (Å²) in [5, 5.41) is 0. The van der Waals surface area contributed by atoms with E-state index in [0.29, 0.717) is 26.2 Å². The van der Waals surface area contributed by atoms with Crippen LogP contribution in [0.2, 0.25) is 0 Å². The van der Waals surface area contributed by atoms with Gasteiger partial charge in [-0.05, 0) is 24.1 Å². The Bertz CT molecular complexity index is 714. The second-order valence-electron chi connectivity index (χ2n) is 5.85. The molecule has 1 aliphatic rings. The van der Waals surface area contributed by atoms with Gasteiger partial charge in [0, 0.05) is 44.6 Å². The highest BCUT2D eigenvalue weighted by atomic mass is 32.2. The summed E-state index contributed by atoms with van der Waals surface area (Å²) in [6.07, 6.45) is 4.86. The molecule has 5 nitrogen and oxygen atoms in total. The number of rotatable bonds is 6. The van der Waals surface area contributed by atoms with Crippen molar-refractivity contribution in [1.29, 1.82) is 0 Å². The summed E-state index contributed by atoms with van der Waals surface area (Å²) in [6.45, 7) is 3.91. The number of benzene rings is 1. The van der Waals surface area contributed by atoms with Gasteiger partial charge < -0.3 is 4.57 Å². The van der Waals surface area contributed by atoms with Gasteiger partial charge in [0.25, 0.3) is 10.2 Å². The molecule has 1 fully saturated rings. The van der Waals surface area contributed by atoms with Crippen LogP contribution in [0.4, 0.5) is 0 Å². The van der Waals surface area contributed by atoms with E-state index >= 15 is 0 Å². The Labute approximate surface area is 138 Å². The predicted molar refractivity (Wildman–Crippen MR) is 91.1 cm³/mol. The average molecular weight is 333 g/mol. The molecule has 1 aromatic carbocycles. The molecule has 0 saturated carbocycles. The minimum atomic E-state index is -3.42. The van der Waals surface area contributed by atoms with E-state index in [4.69, 9.17) is 0 Å². The molecule has 0 bridgehead atoms. The van der Waals surface area contributed by atoms with Gasteiger partial charge in [-0.25, -0.2) is 0 Å². The highest BCUT2D eigenvalue weighted by Gasteiger charge is 2.35. The maximum absolute atomic E-state index is 12.9. The van der Waals surface area contributed by atoms with Crippen LogP contribution < -0.4 is 0 Å². The van der Waals surface area contributed by atoms with Gasteiger partial charge >= 0.3 is 0 Å². The zero-order chi connectivity index (χ0) is 16.3. The van der Waals surface area contributed by atoms with Gasteiger partial charge in [-0.1, -0.05) is 37.3 Å². The third kappa shape index (κ3) is 3.49. The fourth-order valence-corrected chi connectivity index (χ4v) is 4.72. The maximum atomic E-state index is 12.9. The molecular formula is C17H23N3O2S. The first-order valence-corrected chi connectivity index (χ1v) is 9.42. The fraction of sp³-hybridized carbons (Fsp3) is 0.412. The van der Waals surface area contributed by atoms with Gasteiger partial charge in [-0.3, -0.25) is 0 Å². The first kappa shape index (κ1) is 16.2. The lowest BCUT2D eigenvalue weighted by molar-refractivity contribution is 0.359. The molecule has 0 amide bonds. The molecule has 0 unspecified atom stereocenters. The number of hydrogen-bond donors (Lipinski definition) is 0. The molecule has 0 N–H and O–H groups in total. The van der Waals surface area contributed by atoms with Crippen LogP contribution >= 0.6 is 0 Å². The van der Waals surface area contributed by atoms with Crippen molar-refractivity contribution in [3.8, 4) is 0 Å². The summed E-state index contributed by atoms with van der Waals surface area (Å²) in [7, 11) is -3.42. The molecule has 0 radical (unpaired) electrons. The van der Waals surface area contributed by atoms with Crippen molar-refractivity contribution >= 4 is 10.2 Å². The minimum absolute atomic E-state index is 0.232. The van der Waals surface area contributed by atoms with E-state index in [2.05, 4.69) is 4.57 Å². The van der Waals surface area contributed by atoms with Crippen molar-refractivity contribution in [2.75, 3.05) is 19.6 Å². The van der Waals surface area contributed by atoms with Gasteiger partial charge in [0.05, 0.1) is 0 Å². The Balaban J connectivity index is 1.72. The fourth-order valence-electron chi connectivity index (χ4n) is 3.06. The molecule has 0 aliphatic carbocycles. The molecule has 1 aliphatic heterocycles. The van der Waals surface area contributed by atoms with Crippen LogP contribution in [0, 0.1) is 0 Å². The van der Waals surface area contributed by atoms with Crippen LogP contribution in [-0.2, 0) is 16.8 Å². The third-order valence-corrected chi connectivity index (χ3v) is 6.41. The van der Waals surface area contributed by atoms with E-state index in [-0.39, 0.29) is 6.04 Å². The first-order chi connectivity index (χ1) is 11.1. The molecule has 2 aromatic rings. The predicted octanol–water partition coefficient (Wildman–Crippen LogP) is 2.50. The Kier molecular flexibility index (Phi) is 4.84. The van der Waals surface area contributed by atoms with E-state index < -0.39 is 10.2 Å². The normalized spacial score (nSPS) is 19.5. The van der Waals surface area contributed by atoms with Crippen LogP contribution in [0.15, 0.2) is 54.9 Å². The summed E-state index contributed by atoms with van der Waals surface area (Å²) in [4.78, 5) is 0. The summed E-state index contributed by atoms with van der Waals surface area (Å²) in [6, 6.07) is 13.9. The van der Waals surface area contributed by atoms with E-state index in [9.17, 15) is 8.42 Å².